The highest BCUT2D eigenvalue weighted by molar-refractivity contribution is 5.80. The molecule has 1 N–H and O–H groups in total. The molecule has 17 heavy (non-hydrogen) atoms. The third-order valence-corrected chi connectivity index (χ3v) is 2.22. The van der Waals surface area contributed by atoms with Crippen LogP contribution in [0.2, 0.25) is 0 Å². The van der Waals surface area contributed by atoms with Gasteiger partial charge in [-0.1, -0.05) is 13.3 Å². The fourth-order valence-electron chi connectivity index (χ4n) is 1.25. The molecule has 0 heterocycles. The number of ether oxygens (including phenoxy) is 2. The van der Waals surface area contributed by atoms with Gasteiger partial charge in [-0.15, -0.1) is 0 Å². The van der Waals surface area contributed by atoms with E-state index in [4.69, 9.17) is 14.7 Å². The van der Waals surface area contributed by atoms with Crippen molar-refractivity contribution in [1.82, 2.24) is 5.32 Å². The maximum absolute atomic E-state index is 11.6. The molecule has 0 saturated carbocycles. The van der Waals surface area contributed by atoms with Crippen LogP contribution < -0.4 is 5.32 Å². The zero-order valence-corrected chi connectivity index (χ0v) is 10.9. The van der Waals surface area contributed by atoms with Crippen molar-refractivity contribution in [3.63, 3.8) is 0 Å². The summed E-state index contributed by atoms with van der Waals surface area (Å²) in [6, 6.07) is 1.63. The van der Waals surface area contributed by atoms with E-state index in [0.29, 0.717) is 26.2 Å². The summed E-state index contributed by atoms with van der Waals surface area (Å²) in [7, 11) is 0. The first-order valence-corrected chi connectivity index (χ1v) is 6.05. The number of nitriles is 1. The van der Waals surface area contributed by atoms with E-state index < -0.39 is 12.1 Å². The third kappa shape index (κ3) is 7.72. The maximum Gasteiger partial charge on any atom is 0.249 e. The molecule has 0 bridgehead atoms. The van der Waals surface area contributed by atoms with Crippen LogP contribution in [0.5, 0.6) is 0 Å². The van der Waals surface area contributed by atoms with Gasteiger partial charge in [0.1, 0.15) is 12.1 Å². The van der Waals surface area contributed by atoms with E-state index in [1.54, 1.807) is 6.92 Å². The minimum Gasteiger partial charge on any atom is -0.379 e. The molecule has 0 spiro atoms. The smallest absolute Gasteiger partial charge is 0.249 e. The minimum atomic E-state index is -0.553. The first kappa shape index (κ1) is 15.9. The van der Waals surface area contributed by atoms with Gasteiger partial charge < -0.3 is 14.8 Å². The lowest BCUT2D eigenvalue weighted by Crippen LogP contribution is -2.41. The Morgan fingerprint density at radius 1 is 1.41 bits per heavy atom. The number of nitrogens with one attached hydrogen (secondary N) is 1. The van der Waals surface area contributed by atoms with Gasteiger partial charge in [0.15, 0.2) is 0 Å². The molecule has 0 aliphatic rings. The summed E-state index contributed by atoms with van der Waals surface area (Å²) in [5.41, 5.74) is 0. The SMILES string of the molecule is CCC[C@H](C#N)NC(=O)[C@@H](C)OCCOCC. The number of carbonyl (C=O) groups is 1. The van der Waals surface area contributed by atoms with Gasteiger partial charge in [-0.2, -0.15) is 5.26 Å². The lowest BCUT2D eigenvalue weighted by Gasteiger charge is -2.16. The molecule has 0 rings (SSSR count). The summed E-state index contributed by atoms with van der Waals surface area (Å²) in [6.07, 6.45) is 0.967. The van der Waals surface area contributed by atoms with Gasteiger partial charge in [0.2, 0.25) is 5.91 Å². The zero-order valence-electron chi connectivity index (χ0n) is 10.9. The van der Waals surface area contributed by atoms with Crippen molar-refractivity contribution in [2.75, 3.05) is 19.8 Å². The third-order valence-electron chi connectivity index (χ3n) is 2.22. The number of hydrogen-bond donors (Lipinski definition) is 1. The highest BCUT2D eigenvalue weighted by Crippen LogP contribution is 1.98. The second kappa shape index (κ2) is 10.1. The Morgan fingerprint density at radius 2 is 2.12 bits per heavy atom. The summed E-state index contributed by atoms with van der Waals surface area (Å²) in [5.74, 6) is -0.249. The first-order chi connectivity index (χ1) is 8.15. The Balaban J connectivity index is 3.84. The second-order valence-corrected chi connectivity index (χ2v) is 3.69. The van der Waals surface area contributed by atoms with Gasteiger partial charge >= 0.3 is 0 Å². The monoisotopic (exact) mass is 242 g/mol. The van der Waals surface area contributed by atoms with E-state index in [1.807, 2.05) is 13.8 Å². The Morgan fingerprint density at radius 3 is 2.65 bits per heavy atom. The van der Waals surface area contributed by atoms with E-state index in [9.17, 15) is 4.79 Å². The quantitative estimate of drug-likeness (QED) is 0.617. The zero-order chi connectivity index (χ0) is 13.1. The number of rotatable bonds is 9. The summed E-state index contributed by atoms with van der Waals surface area (Å²) >= 11 is 0. The van der Waals surface area contributed by atoms with Crippen molar-refractivity contribution in [3.05, 3.63) is 0 Å². The largest absolute Gasteiger partial charge is 0.379 e. The standard InChI is InChI=1S/C12H22N2O3/c1-4-6-11(9-13)14-12(15)10(3)17-8-7-16-5-2/h10-11H,4-8H2,1-3H3,(H,14,15)/t10-,11-/m1/s1. The van der Waals surface area contributed by atoms with E-state index in [2.05, 4.69) is 11.4 Å². The van der Waals surface area contributed by atoms with Crippen molar-refractivity contribution in [2.45, 2.75) is 45.8 Å². The normalized spacial score (nSPS) is 13.8. The summed E-state index contributed by atoms with van der Waals surface area (Å²) in [4.78, 5) is 11.6. The molecular formula is C12H22N2O3. The number of amides is 1. The van der Waals surface area contributed by atoms with Crippen molar-refractivity contribution in [2.24, 2.45) is 0 Å². The highest BCUT2D eigenvalue weighted by atomic mass is 16.5. The molecule has 0 aromatic rings. The van der Waals surface area contributed by atoms with E-state index in [-0.39, 0.29) is 5.91 Å². The molecule has 0 aromatic carbocycles. The van der Waals surface area contributed by atoms with Crippen LogP contribution in [0.15, 0.2) is 0 Å². The molecular weight excluding hydrogens is 220 g/mol. The lowest BCUT2D eigenvalue weighted by molar-refractivity contribution is -0.133. The van der Waals surface area contributed by atoms with Crippen LogP contribution in [0, 0.1) is 11.3 Å². The van der Waals surface area contributed by atoms with Gasteiger partial charge in [-0.25, -0.2) is 0 Å². The van der Waals surface area contributed by atoms with Crippen molar-refractivity contribution < 1.29 is 14.3 Å². The second-order valence-electron chi connectivity index (χ2n) is 3.69. The summed E-state index contributed by atoms with van der Waals surface area (Å²) < 4.78 is 10.4. The number of nitrogens with zero attached hydrogens (tertiary/aromatic N) is 1. The van der Waals surface area contributed by atoms with Gasteiger partial charge in [-0.3, -0.25) is 4.79 Å². The molecule has 1 amide bonds. The van der Waals surface area contributed by atoms with Gasteiger partial charge in [0.05, 0.1) is 19.3 Å². The molecule has 5 heteroatoms. The summed E-state index contributed by atoms with van der Waals surface area (Å²) in [6.45, 7) is 7.04. The number of carbonyl (C=O) groups excluding carboxylic acids is 1. The molecule has 0 aromatic heterocycles. The van der Waals surface area contributed by atoms with Crippen molar-refractivity contribution in [1.29, 1.82) is 5.26 Å². The van der Waals surface area contributed by atoms with Gasteiger partial charge in [0, 0.05) is 6.61 Å². The van der Waals surface area contributed by atoms with Crippen molar-refractivity contribution in [3.8, 4) is 6.07 Å². The van der Waals surface area contributed by atoms with Crippen molar-refractivity contribution >= 4 is 5.91 Å². The Bertz CT molecular complexity index is 251. The molecule has 0 fully saturated rings. The van der Waals surface area contributed by atoms with Crippen LogP contribution >= 0.6 is 0 Å². The highest BCUT2D eigenvalue weighted by Gasteiger charge is 2.17. The molecule has 0 radical (unpaired) electrons. The molecule has 0 saturated heterocycles. The van der Waals surface area contributed by atoms with Gasteiger partial charge in [-0.05, 0) is 20.3 Å². The van der Waals surface area contributed by atoms with Crippen LogP contribution in [0.4, 0.5) is 0 Å². The molecule has 5 nitrogen and oxygen atoms in total. The molecule has 0 aliphatic heterocycles. The van der Waals surface area contributed by atoms with Crippen LogP contribution in [0.3, 0.4) is 0 Å². The molecule has 0 aliphatic carbocycles. The fourth-order valence-corrected chi connectivity index (χ4v) is 1.25. The fraction of sp³-hybridized carbons (Fsp3) is 0.833. The number of hydrogen-bond acceptors (Lipinski definition) is 4. The van der Waals surface area contributed by atoms with Crippen LogP contribution in [0.25, 0.3) is 0 Å². The van der Waals surface area contributed by atoms with Gasteiger partial charge in [0.25, 0.3) is 0 Å². The van der Waals surface area contributed by atoms with E-state index >= 15 is 0 Å². The molecule has 2 atom stereocenters. The predicted octanol–water partition coefficient (Wildman–Crippen LogP) is 1.24. The maximum atomic E-state index is 11.6. The predicted molar refractivity (Wildman–Crippen MR) is 64.4 cm³/mol. The van der Waals surface area contributed by atoms with E-state index in [0.717, 1.165) is 6.42 Å². The summed E-state index contributed by atoms with van der Waals surface area (Å²) in [5, 5.41) is 11.5. The Hall–Kier alpha value is -1.12. The first-order valence-electron chi connectivity index (χ1n) is 6.05. The molecule has 0 unspecified atom stereocenters. The van der Waals surface area contributed by atoms with Crippen LogP contribution in [0.1, 0.15) is 33.6 Å². The Kier molecular flexibility index (Phi) is 9.40. The Labute approximate surface area is 103 Å². The average Bonchev–Trinajstić information content (AvgIpc) is 2.33. The lowest BCUT2D eigenvalue weighted by atomic mass is 10.2. The van der Waals surface area contributed by atoms with Crippen LogP contribution in [-0.4, -0.2) is 37.9 Å². The topological polar surface area (TPSA) is 71.4 Å². The average molecular weight is 242 g/mol. The van der Waals surface area contributed by atoms with Crippen LogP contribution in [-0.2, 0) is 14.3 Å². The van der Waals surface area contributed by atoms with E-state index in [1.165, 1.54) is 0 Å². The minimum absolute atomic E-state index is 0.249. The molecule has 98 valence electrons.